The van der Waals surface area contributed by atoms with Crippen LogP contribution in [-0.4, -0.2) is 113 Å². The number of aromatic nitrogens is 8. The Morgan fingerprint density at radius 3 is 1.52 bits per heavy atom. The lowest BCUT2D eigenvalue weighted by Crippen LogP contribution is -2.55. The number of nitrogens with zero attached hydrogens (tertiary/aromatic N) is 12. The van der Waals surface area contributed by atoms with Gasteiger partial charge in [0, 0.05) is 38.6 Å². The number of carboxylic acid groups (broad SMARTS) is 1. The largest absolute Gasteiger partial charge is 0.476 e. The van der Waals surface area contributed by atoms with Crippen molar-refractivity contribution in [2.75, 3.05) is 40.3 Å². The number of carbonyl (C=O) groups excluding carboxylic acids is 3. The van der Waals surface area contributed by atoms with E-state index in [1.165, 1.54) is 36.3 Å². The summed E-state index contributed by atoms with van der Waals surface area (Å²) in [5.41, 5.74) is 1.53. The molecular weight excluding hydrogens is 720 g/mol. The summed E-state index contributed by atoms with van der Waals surface area (Å²) >= 11 is 0. The van der Waals surface area contributed by atoms with Crippen LogP contribution in [0.25, 0.3) is 11.9 Å². The number of amides is 2. The molecule has 8 rings (SSSR count). The number of fused-ring (bicyclic) bond motifs is 2. The molecule has 1 N–H and O–H groups in total. The molecule has 0 saturated heterocycles. The van der Waals surface area contributed by atoms with Crippen LogP contribution in [0.3, 0.4) is 0 Å². The minimum absolute atomic E-state index is 0.0593. The Morgan fingerprint density at radius 1 is 0.696 bits per heavy atom. The predicted octanol–water partition coefficient (Wildman–Crippen LogP) is 4.21. The highest BCUT2D eigenvalue weighted by atomic mass is 16.5. The summed E-state index contributed by atoms with van der Waals surface area (Å²) in [4.78, 5) is 82.7. The molecule has 2 aliphatic heterocycles. The monoisotopic (exact) mass is 768 g/mol. The fourth-order valence-electron chi connectivity index (χ4n) is 8.28. The first-order valence-electron chi connectivity index (χ1n) is 19.4. The number of likely N-dealkylation sites (N-methyl/N-ethyl adjacent to an activating group) is 2. The van der Waals surface area contributed by atoms with Crippen LogP contribution in [0.2, 0.25) is 0 Å². The molecule has 6 heterocycles. The van der Waals surface area contributed by atoms with E-state index in [0.29, 0.717) is 35.7 Å². The van der Waals surface area contributed by atoms with Gasteiger partial charge in [-0.1, -0.05) is 39.5 Å². The second-order valence-corrected chi connectivity index (χ2v) is 14.4. The van der Waals surface area contributed by atoms with Gasteiger partial charge < -0.3 is 29.4 Å². The minimum Gasteiger partial charge on any atom is -0.476 e. The number of rotatable bonds is 9. The fraction of sp³-hybridized carbons (Fsp3) is 0.526. The first-order valence-corrected chi connectivity index (χ1v) is 19.4. The van der Waals surface area contributed by atoms with Crippen molar-refractivity contribution in [2.45, 2.75) is 109 Å². The lowest BCUT2D eigenvalue weighted by atomic mass is 10.0. The molecule has 4 aromatic rings. The molecule has 0 unspecified atom stereocenters. The van der Waals surface area contributed by atoms with Gasteiger partial charge in [0.2, 0.25) is 23.7 Å². The number of hydrogen-bond donors (Lipinski definition) is 1. The number of carboxylic acids is 1. The van der Waals surface area contributed by atoms with Gasteiger partial charge in [-0.05, 0) is 45.4 Å². The summed E-state index contributed by atoms with van der Waals surface area (Å²) in [6.07, 6.45) is 19.4. The maximum Gasteiger partial charge on any atom is 0.358 e. The zero-order valence-electron chi connectivity index (χ0n) is 32.4. The van der Waals surface area contributed by atoms with Crippen molar-refractivity contribution >= 4 is 46.8 Å². The topological polar surface area (TPSA) is 198 Å². The molecule has 0 spiro atoms. The summed E-state index contributed by atoms with van der Waals surface area (Å²) in [7, 11) is 3.52. The molecule has 2 saturated carbocycles. The van der Waals surface area contributed by atoms with Crippen LogP contribution >= 0.6 is 0 Å². The Balaban J connectivity index is 0.000000172. The van der Waals surface area contributed by atoms with Gasteiger partial charge in [0.05, 0.1) is 19.0 Å². The minimum atomic E-state index is -1.10. The molecule has 2 atom stereocenters. The third kappa shape index (κ3) is 7.03. The molecule has 4 aromatic heterocycles. The van der Waals surface area contributed by atoms with E-state index in [1.54, 1.807) is 54.0 Å². The second kappa shape index (κ2) is 16.0. The predicted molar refractivity (Wildman–Crippen MR) is 206 cm³/mol. The van der Waals surface area contributed by atoms with Gasteiger partial charge in [0.15, 0.2) is 23.0 Å². The molecule has 56 heavy (non-hydrogen) atoms. The lowest BCUT2D eigenvalue weighted by molar-refractivity contribution is -0.120. The van der Waals surface area contributed by atoms with Crippen LogP contribution in [0, 0.1) is 0 Å². The first-order chi connectivity index (χ1) is 27.1. The molecule has 2 fully saturated rings. The van der Waals surface area contributed by atoms with Gasteiger partial charge in [0.25, 0.3) is 0 Å². The SMILES string of the molecule is CCOC(=O)c1cn(-c2ncc3c(n2)N(C2CCCC2)[C@H](CC)C(=O)N3C)cn1.CC[C@@H]1C(=O)N(C)c2cnc(-n3cnc(C(=O)O)c3)nc2N1C1CCCC1. The van der Waals surface area contributed by atoms with Crippen LogP contribution in [0.4, 0.5) is 23.0 Å². The van der Waals surface area contributed by atoms with E-state index in [1.807, 2.05) is 13.8 Å². The smallest absolute Gasteiger partial charge is 0.358 e. The van der Waals surface area contributed by atoms with E-state index in [9.17, 15) is 19.2 Å². The Labute approximate surface area is 324 Å². The quantitative estimate of drug-likeness (QED) is 0.238. The van der Waals surface area contributed by atoms with Crippen molar-refractivity contribution < 1.29 is 29.0 Å². The van der Waals surface area contributed by atoms with Crippen molar-refractivity contribution in [1.82, 2.24) is 39.0 Å². The summed E-state index contributed by atoms with van der Waals surface area (Å²) in [5, 5.41) is 9.08. The third-order valence-corrected chi connectivity index (χ3v) is 11.1. The number of hydrogen-bond acceptors (Lipinski definition) is 13. The maximum atomic E-state index is 12.9. The van der Waals surface area contributed by atoms with Gasteiger partial charge in [0.1, 0.15) is 36.1 Å². The van der Waals surface area contributed by atoms with E-state index >= 15 is 0 Å². The first kappa shape index (κ1) is 38.3. The van der Waals surface area contributed by atoms with Crippen LogP contribution in [-0.2, 0) is 14.3 Å². The maximum absolute atomic E-state index is 12.9. The summed E-state index contributed by atoms with van der Waals surface area (Å²) in [6.45, 7) is 6.09. The van der Waals surface area contributed by atoms with Crippen molar-refractivity contribution in [3.63, 3.8) is 0 Å². The molecule has 2 aliphatic carbocycles. The normalized spacial score (nSPS) is 19.9. The molecule has 0 radical (unpaired) electrons. The number of aromatic carboxylic acids is 1. The van der Waals surface area contributed by atoms with Crippen molar-refractivity contribution in [3.8, 4) is 11.9 Å². The standard InChI is InChI=1S/C20H26N6O3.C18H22N6O3/c1-4-15-18(27)24(3)16-10-21-20(23-17(16)26(15)13-8-6-7-9-13)25-11-14(22-12-25)19(28)29-5-2;1-3-13-16(25)22(2)14-8-19-18(23-9-12(17(26)27)20-10-23)21-15(14)24(13)11-6-4-5-7-11/h10-13,15H,4-9H2,1-3H3;8-11,13H,3-7H2,1-2H3,(H,26,27)/t15-;13-/m11/s1. The molecule has 2 amide bonds. The van der Waals surface area contributed by atoms with Gasteiger partial charge in [-0.2, -0.15) is 9.97 Å². The van der Waals surface area contributed by atoms with Crippen LogP contribution < -0.4 is 19.6 Å². The lowest BCUT2D eigenvalue weighted by Gasteiger charge is -2.43. The Kier molecular flexibility index (Phi) is 11.0. The second-order valence-electron chi connectivity index (χ2n) is 14.4. The average Bonchev–Trinajstić information content (AvgIpc) is 4.05. The Hall–Kier alpha value is -5.94. The van der Waals surface area contributed by atoms with E-state index in [-0.39, 0.29) is 47.9 Å². The third-order valence-electron chi connectivity index (χ3n) is 11.1. The van der Waals surface area contributed by atoms with E-state index in [4.69, 9.17) is 19.8 Å². The van der Waals surface area contributed by atoms with Gasteiger partial charge >= 0.3 is 11.9 Å². The van der Waals surface area contributed by atoms with Crippen LogP contribution in [0.15, 0.2) is 37.4 Å². The van der Waals surface area contributed by atoms with Gasteiger partial charge in [-0.25, -0.2) is 29.5 Å². The number of carbonyl (C=O) groups is 4. The van der Waals surface area contributed by atoms with Crippen molar-refractivity contribution in [1.29, 1.82) is 0 Å². The number of esters is 1. The molecule has 4 aliphatic rings. The summed E-state index contributed by atoms with van der Waals surface area (Å²) < 4.78 is 8.10. The fourth-order valence-corrected chi connectivity index (χ4v) is 8.28. The highest BCUT2D eigenvalue weighted by Crippen LogP contribution is 2.41. The Bertz CT molecular complexity index is 2110. The van der Waals surface area contributed by atoms with Crippen LogP contribution in [0.5, 0.6) is 0 Å². The molecule has 296 valence electrons. The van der Waals surface area contributed by atoms with Crippen molar-refractivity contribution in [2.24, 2.45) is 0 Å². The molecule has 18 heteroatoms. The molecular formula is C38H48N12O6. The zero-order chi connectivity index (χ0) is 39.7. The average molecular weight is 769 g/mol. The molecule has 0 bridgehead atoms. The zero-order valence-corrected chi connectivity index (χ0v) is 32.4. The Morgan fingerprint density at radius 2 is 1.12 bits per heavy atom. The van der Waals surface area contributed by atoms with E-state index < -0.39 is 11.9 Å². The van der Waals surface area contributed by atoms with Gasteiger partial charge in [-0.15, -0.1) is 0 Å². The number of ether oxygens (including phenoxy) is 1. The molecule has 0 aromatic carbocycles. The highest BCUT2D eigenvalue weighted by molar-refractivity contribution is 6.05. The van der Waals surface area contributed by atoms with Crippen LogP contribution in [0.1, 0.15) is 106 Å². The van der Waals surface area contributed by atoms with E-state index in [2.05, 4.69) is 29.7 Å². The molecule has 18 nitrogen and oxygen atoms in total. The number of anilines is 4. The summed E-state index contributed by atoms with van der Waals surface area (Å²) in [6, 6.07) is 0.116. The van der Waals surface area contributed by atoms with Crippen molar-refractivity contribution in [3.05, 3.63) is 48.8 Å². The number of imidazole rings is 2. The van der Waals surface area contributed by atoms with Gasteiger partial charge in [-0.3, -0.25) is 18.7 Å². The van der Waals surface area contributed by atoms with E-state index in [0.717, 1.165) is 56.6 Å². The summed E-state index contributed by atoms with van der Waals surface area (Å²) in [5.74, 6) is 0.804. The highest BCUT2D eigenvalue weighted by Gasteiger charge is 2.43.